The number of nitrogens with one attached hydrogen (secondary N) is 2. The van der Waals surface area contributed by atoms with E-state index in [1.165, 1.54) is 7.11 Å². The first-order valence-corrected chi connectivity index (χ1v) is 31.8. The van der Waals surface area contributed by atoms with Crippen molar-refractivity contribution in [3.63, 3.8) is 0 Å². The lowest BCUT2D eigenvalue weighted by molar-refractivity contribution is -0.119. The Labute approximate surface area is 561 Å². The highest BCUT2D eigenvalue weighted by molar-refractivity contribution is 6.40. The zero-order valence-corrected chi connectivity index (χ0v) is 56.4. The van der Waals surface area contributed by atoms with Crippen LogP contribution in [-0.4, -0.2) is 119 Å². The van der Waals surface area contributed by atoms with Crippen LogP contribution >= 0.6 is 46.4 Å². The number of pyridine rings is 4. The Morgan fingerprint density at radius 1 is 0.591 bits per heavy atom. The van der Waals surface area contributed by atoms with E-state index in [1.807, 2.05) is 120 Å². The molecule has 4 aromatic carbocycles. The Morgan fingerprint density at radius 3 is 1.49 bits per heavy atom. The summed E-state index contributed by atoms with van der Waals surface area (Å²) in [6.45, 7) is 14.1. The number of rotatable bonds is 15. The summed E-state index contributed by atoms with van der Waals surface area (Å²) in [5.41, 5.74) is 12.3. The largest absolute Gasteiger partial charge is 0.496 e. The van der Waals surface area contributed by atoms with E-state index in [1.54, 1.807) is 55.7 Å². The Morgan fingerprint density at radius 2 is 1.05 bits per heavy atom. The number of aromatic nitrogens is 4. The van der Waals surface area contributed by atoms with Crippen molar-refractivity contribution in [3.05, 3.63) is 163 Å². The number of carbonyl (C=O) groups is 4. The third kappa shape index (κ3) is 15.3. The number of fused-ring (bicyclic) bond motifs is 2. The number of ether oxygens (including phenoxy) is 6. The van der Waals surface area contributed by atoms with Gasteiger partial charge in [0.05, 0.1) is 90.0 Å². The highest BCUT2D eigenvalue weighted by atomic mass is 35.5. The highest BCUT2D eigenvalue weighted by Crippen LogP contribution is 2.46. The van der Waals surface area contributed by atoms with Crippen molar-refractivity contribution in [1.29, 1.82) is 0 Å². The predicted octanol–water partition coefficient (Wildman–Crippen LogP) is 15.4. The summed E-state index contributed by atoms with van der Waals surface area (Å²) in [4.78, 5) is 70.3. The first-order valence-electron chi connectivity index (χ1n) is 30.3. The van der Waals surface area contributed by atoms with Crippen molar-refractivity contribution in [1.82, 2.24) is 40.4 Å². The van der Waals surface area contributed by atoms with Gasteiger partial charge in [-0.2, -0.15) is 0 Å². The van der Waals surface area contributed by atoms with E-state index in [0.717, 1.165) is 62.1 Å². The molecule has 93 heavy (non-hydrogen) atoms. The lowest BCUT2D eigenvalue weighted by Crippen LogP contribution is -2.40. The second kappa shape index (κ2) is 28.8. The van der Waals surface area contributed by atoms with E-state index in [0.29, 0.717) is 147 Å². The third-order valence-electron chi connectivity index (χ3n) is 15.9. The van der Waals surface area contributed by atoms with Gasteiger partial charge in [0.2, 0.25) is 17.7 Å². The van der Waals surface area contributed by atoms with Gasteiger partial charge in [-0.1, -0.05) is 88.9 Å². The molecular weight excluding hydrogens is 1270 g/mol. The molecule has 3 amide bonds. The summed E-state index contributed by atoms with van der Waals surface area (Å²) in [6, 6.07) is 30.3. The van der Waals surface area contributed by atoms with Crippen molar-refractivity contribution in [2.24, 2.45) is 0 Å². The number of halogens is 4. The van der Waals surface area contributed by atoms with Gasteiger partial charge >= 0.3 is 12.2 Å². The van der Waals surface area contributed by atoms with Gasteiger partial charge in [-0.25, -0.2) is 19.6 Å². The van der Waals surface area contributed by atoms with Gasteiger partial charge in [0, 0.05) is 112 Å². The van der Waals surface area contributed by atoms with Gasteiger partial charge in [0.15, 0.2) is 6.29 Å². The van der Waals surface area contributed by atoms with Crippen molar-refractivity contribution >= 4 is 70.8 Å². The number of carbonyl (C=O) groups excluding carboxylic acids is 4. The highest BCUT2D eigenvalue weighted by Gasteiger charge is 2.32. The molecule has 3 aliphatic rings. The smallest absolute Gasteiger partial charge is 0.410 e. The minimum atomic E-state index is -0.579. The van der Waals surface area contributed by atoms with Crippen LogP contribution < -0.4 is 29.6 Å². The Bertz CT molecular complexity index is 4140. The summed E-state index contributed by atoms with van der Waals surface area (Å²) in [5.74, 6) is 2.10. The second-order valence-corrected chi connectivity index (χ2v) is 26.0. The van der Waals surface area contributed by atoms with Crippen LogP contribution in [0.1, 0.15) is 92.6 Å². The lowest BCUT2D eigenvalue weighted by Gasteiger charge is -2.32. The first kappa shape index (κ1) is 67.4. The molecule has 0 unspecified atom stereocenters. The number of amides is 3. The Hall–Kier alpha value is -8.52. The molecule has 1 atom stereocenters. The van der Waals surface area contributed by atoms with Gasteiger partial charge < -0.3 is 48.9 Å². The normalized spacial score (nSPS) is 14.4. The van der Waals surface area contributed by atoms with Crippen LogP contribution in [-0.2, 0) is 46.7 Å². The molecule has 4 aromatic heterocycles. The van der Waals surface area contributed by atoms with Gasteiger partial charge in [-0.05, 0) is 127 Å². The lowest BCUT2D eigenvalue weighted by atomic mass is 9.94. The summed E-state index contributed by atoms with van der Waals surface area (Å²) >= 11 is 28.2. The quantitative estimate of drug-likeness (QED) is 0.0916. The molecule has 0 saturated carbocycles. The van der Waals surface area contributed by atoms with Crippen molar-refractivity contribution in [2.75, 3.05) is 48.1 Å². The Kier molecular flexibility index (Phi) is 20.8. The maximum absolute atomic E-state index is 12.8. The van der Waals surface area contributed by atoms with Crippen molar-refractivity contribution in [3.8, 4) is 90.5 Å². The van der Waals surface area contributed by atoms with Gasteiger partial charge in [0.1, 0.15) is 22.7 Å². The summed E-state index contributed by atoms with van der Waals surface area (Å²) in [7, 11) is 6.27. The van der Waals surface area contributed by atoms with Crippen molar-refractivity contribution in [2.45, 2.75) is 104 Å². The van der Waals surface area contributed by atoms with Crippen LogP contribution in [0.3, 0.4) is 0 Å². The molecule has 18 nitrogen and oxygen atoms in total. The molecule has 11 rings (SSSR count). The maximum atomic E-state index is 12.8. The minimum absolute atomic E-state index is 0.0946. The van der Waals surface area contributed by atoms with Crippen LogP contribution in [0, 0.1) is 0 Å². The molecule has 7 heterocycles. The van der Waals surface area contributed by atoms with Crippen LogP contribution in [0.15, 0.2) is 109 Å². The number of benzene rings is 4. The van der Waals surface area contributed by atoms with Crippen LogP contribution in [0.25, 0.3) is 67.3 Å². The van der Waals surface area contributed by atoms with E-state index >= 15 is 0 Å². The molecule has 3 aliphatic heterocycles. The fourth-order valence-electron chi connectivity index (χ4n) is 11.4. The number of nitrogens with zero attached hydrogens (tertiary/aromatic N) is 6. The summed E-state index contributed by atoms with van der Waals surface area (Å²) in [6.07, 6.45) is 6.06. The zero-order chi connectivity index (χ0) is 66.5. The average molecular weight is 1340 g/mol. The zero-order valence-electron chi connectivity index (χ0n) is 53.4. The standard InChI is InChI=1S/C38H41Cl2N5O5.C33H31Cl2N3O5/c1-38(2,3)50-37(47)45-16-14-22-17-24(18-31(48-4)29(22)21-45)35-34(40)27(13-15-42-35)26-7-6-8-28(33(26)39)30-11-9-23(36(44-30)49-5)19-41-20-25-10-12-32(46)43-25;1-33(2,3)43-32(40)38-14-12-19-15-21(16-27(41-4)25(19)17-38)30-29(35)23(11-13-36-30)22-7-6-8-24(28(22)34)26-10-9-20(18-39)31(37-26)42-5/h6-9,11,13,15,17-18,25,41H,10,12,14,16,19-21H2,1-5H3,(H,43,46);6-11,13,15-16,18H,12,14,17H2,1-5H3/t25-;/m0./s1. The van der Waals surface area contributed by atoms with E-state index in [9.17, 15) is 19.2 Å². The minimum Gasteiger partial charge on any atom is -0.496 e. The van der Waals surface area contributed by atoms with Crippen LogP contribution in [0.4, 0.5) is 9.59 Å². The summed E-state index contributed by atoms with van der Waals surface area (Å²) in [5, 5.41) is 8.18. The molecule has 22 heteroatoms. The molecular formula is C71H72Cl4N8O10. The number of hydrogen-bond donors (Lipinski definition) is 2. The molecule has 2 N–H and O–H groups in total. The number of methoxy groups -OCH3 is 4. The fraction of sp³-hybridized carbons (Fsp3) is 0.324. The van der Waals surface area contributed by atoms with Gasteiger partial charge in [-0.15, -0.1) is 0 Å². The second-order valence-electron chi connectivity index (χ2n) is 24.5. The number of hydrogen-bond acceptors (Lipinski definition) is 15. The van der Waals surface area contributed by atoms with E-state index in [2.05, 4.69) is 31.7 Å². The number of aldehydes is 1. The molecule has 484 valence electrons. The van der Waals surface area contributed by atoms with Crippen LogP contribution in [0.5, 0.6) is 23.3 Å². The average Bonchev–Trinajstić information content (AvgIpc) is 0.991. The molecule has 0 bridgehead atoms. The molecule has 8 aromatic rings. The van der Waals surface area contributed by atoms with Gasteiger partial charge in [-0.3, -0.25) is 19.6 Å². The molecule has 1 saturated heterocycles. The molecule has 0 aliphatic carbocycles. The van der Waals surface area contributed by atoms with E-state index in [-0.39, 0.29) is 30.0 Å². The molecule has 1 fully saturated rings. The van der Waals surface area contributed by atoms with Crippen LogP contribution in [0.2, 0.25) is 20.1 Å². The SMILES string of the molecule is COc1cc(-c2nccc(-c3cccc(-c4ccc(C=O)c(OC)n4)c3Cl)c2Cl)cc2c1CN(C(=O)OC(C)(C)C)CC2.COc1cc(-c2nccc(-c3cccc(-c4ccc(CNC[C@@H]5CCC(=O)N5)c(OC)n4)c3Cl)c2Cl)cc2c1CN(C(=O)OC(C)(C)C)CC2. The first-order chi connectivity index (χ1) is 44.5. The maximum Gasteiger partial charge on any atom is 0.410 e. The van der Waals surface area contributed by atoms with Gasteiger partial charge in [0.25, 0.3) is 0 Å². The molecule has 0 spiro atoms. The molecule has 0 radical (unpaired) electrons. The van der Waals surface area contributed by atoms with Crippen molar-refractivity contribution < 1.29 is 47.6 Å². The monoisotopic (exact) mass is 1340 g/mol. The third-order valence-corrected chi connectivity index (χ3v) is 17.5. The van der Waals surface area contributed by atoms with E-state index < -0.39 is 11.2 Å². The summed E-state index contributed by atoms with van der Waals surface area (Å²) < 4.78 is 33.7. The predicted molar refractivity (Wildman–Crippen MR) is 362 cm³/mol. The Balaban J connectivity index is 0.000000206. The van der Waals surface area contributed by atoms with E-state index in [4.69, 9.17) is 79.8 Å². The topological polar surface area (TPSA) is 206 Å². The fourth-order valence-corrected chi connectivity index (χ4v) is 12.7.